The summed E-state index contributed by atoms with van der Waals surface area (Å²) in [7, 11) is 0. The smallest absolute Gasteiger partial charge is 0.171 e. The molecule has 5 nitrogen and oxygen atoms in total. The largest absolute Gasteiger partial charge is 0.339 e. The first-order chi connectivity index (χ1) is 8.38. The SMILES string of the molecule is NCc1c(Sc2ncc[nH]2)nc2ccccn12. The Kier molecular flexibility index (Phi) is 2.58. The number of hydrogen-bond donors (Lipinski definition) is 2. The zero-order valence-corrected chi connectivity index (χ0v) is 9.81. The molecule has 0 aliphatic heterocycles. The molecule has 3 aromatic rings. The molecule has 0 aliphatic rings. The van der Waals surface area contributed by atoms with Crippen LogP contribution in [0, 0.1) is 0 Å². The Morgan fingerprint density at radius 1 is 1.41 bits per heavy atom. The van der Waals surface area contributed by atoms with Gasteiger partial charge in [0, 0.05) is 25.1 Å². The minimum Gasteiger partial charge on any atom is -0.339 e. The van der Waals surface area contributed by atoms with Crippen molar-refractivity contribution in [3.63, 3.8) is 0 Å². The summed E-state index contributed by atoms with van der Waals surface area (Å²) in [4.78, 5) is 11.8. The Hall–Kier alpha value is -1.79. The van der Waals surface area contributed by atoms with Crippen LogP contribution < -0.4 is 5.73 Å². The van der Waals surface area contributed by atoms with Gasteiger partial charge in [0.25, 0.3) is 0 Å². The molecule has 3 rings (SSSR count). The number of nitrogens with zero attached hydrogens (tertiary/aromatic N) is 3. The van der Waals surface area contributed by atoms with Gasteiger partial charge in [-0.2, -0.15) is 0 Å². The van der Waals surface area contributed by atoms with Gasteiger partial charge >= 0.3 is 0 Å². The number of H-pyrrole nitrogens is 1. The molecule has 0 unspecified atom stereocenters. The molecular formula is C11H11N5S. The second-order valence-electron chi connectivity index (χ2n) is 3.49. The van der Waals surface area contributed by atoms with Gasteiger partial charge in [-0.05, 0) is 23.9 Å². The average Bonchev–Trinajstić information content (AvgIpc) is 2.96. The van der Waals surface area contributed by atoms with Gasteiger partial charge in [-0.15, -0.1) is 0 Å². The number of aromatic amines is 1. The van der Waals surface area contributed by atoms with E-state index < -0.39 is 0 Å². The maximum Gasteiger partial charge on any atom is 0.171 e. The Labute approximate surface area is 102 Å². The summed E-state index contributed by atoms with van der Waals surface area (Å²) < 4.78 is 2.01. The van der Waals surface area contributed by atoms with Crippen LogP contribution in [0.3, 0.4) is 0 Å². The molecule has 0 aliphatic carbocycles. The normalized spacial score (nSPS) is 11.1. The summed E-state index contributed by atoms with van der Waals surface area (Å²) in [6, 6.07) is 5.89. The van der Waals surface area contributed by atoms with Gasteiger partial charge in [-0.25, -0.2) is 9.97 Å². The predicted octanol–water partition coefficient (Wildman–Crippen LogP) is 1.67. The second kappa shape index (κ2) is 4.23. The van der Waals surface area contributed by atoms with Crippen LogP contribution >= 0.6 is 11.8 Å². The molecule has 0 radical (unpaired) electrons. The lowest BCUT2D eigenvalue weighted by Gasteiger charge is -1.99. The molecule has 0 spiro atoms. The van der Waals surface area contributed by atoms with E-state index in [9.17, 15) is 0 Å². The van der Waals surface area contributed by atoms with Gasteiger partial charge in [0.1, 0.15) is 10.7 Å². The van der Waals surface area contributed by atoms with Crippen molar-refractivity contribution in [2.45, 2.75) is 16.7 Å². The Morgan fingerprint density at radius 3 is 3.12 bits per heavy atom. The summed E-state index contributed by atoms with van der Waals surface area (Å²) >= 11 is 1.49. The van der Waals surface area contributed by atoms with Crippen LogP contribution in [0.5, 0.6) is 0 Å². The highest BCUT2D eigenvalue weighted by Gasteiger charge is 2.12. The van der Waals surface area contributed by atoms with Crippen LogP contribution in [0.25, 0.3) is 5.65 Å². The quantitative estimate of drug-likeness (QED) is 0.736. The summed E-state index contributed by atoms with van der Waals surface area (Å²) in [6.07, 6.45) is 5.48. The van der Waals surface area contributed by atoms with E-state index in [0.29, 0.717) is 6.54 Å². The highest BCUT2D eigenvalue weighted by Crippen LogP contribution is 2.27. The van der Waals surface area contributed by atoms with Crippen molar-refractivity contribution < 1.29 is 0 Å². The van der Waals surface area contributed by atoms with Crippen molar-refractivity contribution in [1.29, 1.82) is 0 Å². The number of fused-ring (bicyclic) bond motifs is 1. The van der Waals surface area contributed by atoms with Gasteiger partial charge in [0.2, 0.25) is 0 Å². The number of nitrogens with one attached hydrogen (secondary N) is 1. The zero-order chi connectivity index (χ0) is 11.7. The Bertz CT molecular complexity index is 628. The maximum absolute atomic E-state index is 5.79. The second-order valence-corrected chi connectivity index (χ2v) is 4.47. The van der Waals surface area contributed by atoms with E-state index in [-0.39, 0.29) is 0 Å². The highest BCUT2D eigenvalue weighted by molar-refractivity contribution is 7.99. The van der Waals surface area contributed by atoms with Crippen LogP contribution in [0.2, 0.25) is 0 Å². The van der Waals surface area contributed by atoms with Gasteiger partial charge in [0.15, 0.2) is 5.16 Å². The van der Waals surface area contributed by atoms with E-state index in [1.807, 2.05) is 28.8 Å². The van der Waals surface area contributed by atoms with Crippen LogP contribution in [-0.4, -0.2) is 19.4 Å². The van der Waals surface area contributed by atoms with Gasteiger partial charge in [-0.1, -0.05) is 6.07 Å². The van der Waals surface area contributed by atoms with Crippen molar-refractivity contribution >= 4 is 17.4 Å². The number of aromatic nitrogens is 4. The third-order valence-electron chi connectivity index (χ3n) is 2.45. The number of nitrogens with two attached hydrogens (primary N) is 1. The number of pyridine rings is 1. The van der Waals surface area contributed by atoms with Crippen molar-refractivity contribution in [2.75, 3.05) is 0 Å². The van der Waals surface area contributed by atoms with Crippen molar-refractivity contribution in [3.8, 4) is 0 Å². The number of hydrogen-bond acceptors (Lipinski definition) is 4. The van der Waals surface area contributed by atoms with Crippen molar-refractivity contribution in [1.82, 2.24) is 19.4 Å². The maximum atomic E-state index is 5.79. The summed E-state index contributed by atoms with van der Waals surface area (Å²) in [5.41, 5.74) is 7.69. The molecule has 0 fully saturated rings. The molecule has 0 saturated carbocycles. The van der Waals surface area contributed by atoms with Gasteiger partial charge in [-0.3, -0.25) is 0 Å². The van der Waals surface area contributed by atoms with E-state index in [0.717, 1.165) is 21.5 Å². The fourth-order valence-electron chi connectivity index (χ4n) is 1.69. The molecule has 0 amide bonds. The third-order valence-corrected chi connectivity index (χ3v) is 3.39. The Morgan fingerprint density at radius 2 is 2.35 bits per heavy atom. The molecule has 17 heavy (non-hydrogen) atoms. The molecule has 0 aromatic carbocycles. The summed E-state index contributed by atoms with van der Waals surface area (Å²) in [5, 5.41) is 1.72. The number of rotatable bonds is 3. The first-order valence-corrected chi connectivity index (χ1v) is 6.03. The Balaban J connectivity index is 2.09. The molecule has 0 atom stereocenters. The standard InChI is InChI=1S/C11H11N5S/c12-7-8-10(17-11-13-4-5-14-11)15-9-3-1-2-6-16(8)9/h1-6H,7,12H2,(H,13,14). The molecule has 0 saturated heterocycles. The lowest BCUT2D eigenvalue weighted by Crippen LogP contribution is -2.01. The molecule has 0 bridgehead atoms. The average molecular weight is 245 g/mol. The molecular weight excluding hydrogens is 234 g/mol. The predicted molar refractivity (Wildman–Crippen MR) is 65.8 cm³/mol. The molecule has 6 heteroatoms. The van der Waals surface area contributed by atoms with E-state index in [1.165, 1.54) is 11.8 Å². The van der Waals surface area contributed by atoms with Gasteiger partial charge < -0.3 is 15.1 Å². The summed E-state index contributed by atoms with van der Waals surface area (Å²) in [6.45, 7) is 0.453. The van der Waals surface area contributed by atoms with Crippen molar-refractivity contribution in [2.24, 2.45) is 5.73 Å². The fourth-order valence-corrected chi connectivity index (χ4v) is 2.55. The zero-order valence-electron chi connectivity index (χ0n) is 9.00. The lowest BCUT2D eigenvalue weighted by molar-refractivity contribution is 0.917. The third kappa shape index (κ3) is 1.81. The van der Waals surface area contributed by atoms with Gasteiger partial charge in [0.05, 0.1) is 5.69 Å². The highest BCUT2D eigenvalue weighted by atomic mass is 32.2. The molecule has 3 heterocycles. The van der Waals surface area contributed by atoms with Crippen molar-refractivity contribution in [3.05, 3.63) is 42.5 Å². The van der Waals surface area contributed by atoms with E-state index >= 15 is 0 Å². The van der Waals surface area contributed by atoms with E-state index in [4.69, 9.17) is 5.73 Å². The fraction of sp³-hybridized carbons (Fsp3) is 0.0909. The monoisotopic (exact) mass is 245 g/mol. The first-order valence-electron chi connectivity index (χ1n) is 5.22. The molecule has 3 aromatic heterocycles. The minimum atomic E-state index is 0.453. The van der Waals surface area contributed by atoms with Crippen LogP contribution in [0.4, 0.5) is 0 Å². The molecule has 86 valence electrons. The topological polar surface area (TPSA) is 72.0 Å². The minimum absolute atomic E-state index is 0.453. The number of imidazole rings is 2. The summed E-state index contributed by atoms with van der Waals surface area (Å²) in [5.74, 6) is 0. The van der Waals surface area contributed by atoms with Crippen LogP contribution in [-0.2, 0) is 6.54 Å². The first kappa shape index (κ1) is 10.4. The molecule has 3 N–H and O–H groups in total. The lowest BCUT2D eigenvalue weighted by atomic mass is 10.4. The van der Waals surface area contributed by atoms with E-state index in [1.54, 1.807) is 12.4 Å². The van der Waals surface area contributed by atoms with Crippen LogP contribution in [0.1, 0.15) is 5.69 Å². The van der Waals surface area contributed by atoms with Crippen LogP contribution in [0.15, 0.2) is 47.0 Å². The van der Waals surface area contributed by atoms with E-state index in [2.05, 4.69) is 15.0 Å².